The minimum Gasteiger partial charge on any atom is -0.383 e. The van der Waals surface area contributed by atoms with E-state index in [1.165, 1.54) is 42.7 Å². The molecule has 1 aromatic rings. The zero-order chi connectivity index (χ0) is 12.8. The summed E-state index contributed by atoms with van der Waals surface area (Å²) in [7, 11) is 1.73. The fraction of sp³-hybridized carbons (Fsp3) is 0.600. The first-order chi connectivity index (χ1) is 8.81. The van der Waals surface area contributed by atoms with Crippen molar-refractivity contribution in [2.45, 2.75) is 26.3 Å². The van der Waals surface area contributed by atoms with Gasteiger partial charge in [0.15, 0.2) is 0 Å². The molecular weight excluding hydrogens is 224 g/mol. The maximum absolute atomic E-state index is 5.03. The zero-order valence-corrected chi connectivity index (χ0v) is 11.5. The molecule has 1 saturated heterocycles. The highest BCUT2D eigenvalue weighted by atomic mass is 16.5. The number of hydrogen-bond donors (Lipinski definition) is 1. The Bertz CT molecular complexity index is 373. The van der Waals surface area contributed by atoms with Gasteiger partial charge in [-0.15, -0.1) is 0 Å². The molecule has 0 amide bonds. The van der Waals surface area contributed by atoms with Crippen LogP contribution < -0.4 is 10.2 Å². The number of ether oxygens (including phenoxy) is 1. The van der Waals surface area contributed by atoms with E-state index in [1.54, 1.807) is 7.11 Å². The number of hydrogen-bond acceptors (Lipinski definition) is 3. The van der Waals surface area contributed by atoms with Crippen molar-refractivity contribution in [2.75, 3.05) is 38.3 Å². The quantitative estimate of drug-likeness (QED) is 0.782. The summed E-state index contributed by atoms with van der Waals surface area (Å²) in [6.07, 6.45) is 2.67. The van der Waals surface area contributed by atoms with Crippen molar-refractivity contribution in [1.29, 1.82) is 0 Å². The van der Waals surface area contributed by atoms with Crippen molar-refractivity contribution in [3.8, 4) is 0 Å². The van der Waals surface area contributed by atoms with Crippen LogP contribution in [-0.2, 0) is 11.3 Å². The number of nitrogens with one attached hydrogen (secondary N) is 1. The SMILES string of the molecule is COCCNCc1ccc(N2CCCC2)cc1C. The average Bonchev–Trinajstić information content (AvgIpc) is 2.90. The molecule has 3 heteroatoms. The van der Waals surface area contributed by atoms with Crippen LogP contribution in [0.5, 0.6) is 0 Å². The van der Waals surface area contributed by atoms with E-state index in [2.05, 4.69) is 35.3 Å². The van der Waals surface area contributed by atoms with Crippen molar-refractivity contribution >= 4 is 5.69 Å². The van der Waals surface area contributed by atoms with Crippen LogP contribution in [0.1, 0.15) is 24.0 Å². The highest BCUT2D eigenvalue weighted by Crippen LogP contribution is 2.22. The molecule has 100 valence electrons. The van der Waals surface area contributed by atoms with E-state index in [0.29, 0.717) is 0 Å². The molecule has 0 saturated carbocycles. The summed E-state index contributed by atoms with van der Waals surface area (Å²) in [6, 6.07) is 6.83. The normalized spacial score (nSPS) is 15.3. The average molecular weight is 248 g/mol. The Labute approximate surface area is 110 Å². The van der Waals surface area contributed by atoms with Crippen LogP contribution in [0.25, 0.3) is 0 Å². The molecule has 1 aliphatic heterocycles. The molecule has 0 unspecified atom stereocenters. The smallest absolute Gasteiger partial charge is 0.0587 e. The van der Waals surface area contributed by atoms with Gasteiger partial charge in [0.05, 0.1) is 6.61 Å². The summed E-state index contributed by atoms with van der Waals surface area (Å²) in [5.74, 6) is 0. The molecule has 1 fully saturated rings. The Kier molecular flexibility index (Phi) is 5.02. The number of aryl methyl sites for hydroxylation is 1. The Balaban J connectivity index is 1.92. The van der Waals surface area contributed by atoms with E-state index in [0.717, 1.165) is 19.7 Å². The van der Waals surface area contributed by atoms with E-state index in [4.69, 9.17) is 4.74 Å². The molecule has 2 rings (SSSR count). The fourth-order valence-corrected chi connectivity index (χ4v) is 2.45. The first kappa shape index (κ1) is 13.4. The van der Waals surface area contributed by atoms with E-state index < -0.39 is 0 Å². The molecule has 1 aliphatic rings. The molecule has 1 heterocycles. The van der Waals surface area contributed by atoms with E-state index in [1.807, 2.05) is 0 Å². The van der Waals surface area contributed by atoms with Crippen LogP contribution in [0.3, 0.4) is 0 Å². The third kappa shape index (κ3) is 3.47. The van der Waals surface area contributed by atoms with E-state index >= 15 is 0 Å². The van der Waals surface area contributed by atoms with E-state index in [-0.39, 0.29) is 0 Å². The van der Waals surface area contributed by atoms with Crippen LogP contribution in [0, 0.1) is 6.92 Å². The molecule has 1 aromatic carbocycles. The number of methoxy groups -OCH3 is 1. The number of anilines is 1. The van der Waals surface area contributed by atoms with Gasteiger partial charge in [0.2, 0.25) is 0 Å². The first-order valence-corrected chi connectivity index (χ1v) is 6.85. The van der Waals surface area contributed by atoms with Gasteiger partial charge in [0, 0.05) is 39.0 Å². The summed E-state index contributed by atoms with van der Waals surface area (Å²) < 4.78 is 5.03. The summed E-state index contributed by atoms with van der Waals surface area (Å²) in [4.78, 5) is 2.48. The van der Waals surface area contributed by atoms with Gasteiger partial charge in [0.1, 0.15) is 0 Å². The highest BCUT2D eigenvalue weighted by Gasteiger charge is 2.12. The highest BCUT2D eigenvalue weighted by molar-refractivity contribution is 5.51. The Morgan fingerprint density at radius 3 is 2.72 bits per heavy atom. The Hall–Kier alpha value is -1.06. The largest absolute Gasteiger partial charge is 0.383 e. The molecule has 0 aromatic heterocycles. The van der Waals surface area contributed by atoms with Crippen LogP contribution in [0.4, 0.5) is 5.69 Å². The van der Waals surface area contributed by atoms with Crippen LogP contribution in [0.2, 0.25) is 0 Å². The van der Waals surface area contributed by atoms with Crippen molar-refractivity contribution in [1.82, 2.24) is 5.32 Å². The number of rotatable bonds is 6. The van der Waals surface area contributed by atoms with Crippen molar-refractivity contribution in [3.05, 3.63) is 29.3 Å². The molecule has 3 nitrogen and oxygen atoms in total. The lowest BCUT2D eigenvalue weighted by molar-refractivity contribution is 0.199. The van der Waals surface area contributed by atoms with Crippen molar-refractivity contribution in [3.63, 3.8) is 0 Å². The predicted octanol–water partition coefficient (Wildman–Crippen LogP) is 2.33. The summed E-state index contributed by atoms with van der Waals surface area (Å²) in [6.45, 7) is 7.23. The molecule has 0 atom stereocenters. The Morgan fingerprint density at radius 1 is 1.28 bits per heavy atom. The lowest BCUT2D eigenvalue weighted by Crippen LogP contribution is -2.20. The summed E-state index contributed by atoms with van der Waals surface area (Å²) in [5.41, 5.74) is 4.14. The van der Waals surface area contributed by atoms with Crippen molar-refractivity contribution < 1.29 is 4.74 Å². The maximum atomic E-state index is 5.03. The van der Waals surface area contributed by atoms with Crippen LogP contribution in [0.15, 0.2) is 18.2 Å². The molecule has 18 heavy (non-hydrogen) atoms. The zero-order valence-electron chi connectivity index (χ0n) is 11.5. The molecular formula is C15H24N2O. The van der Waals surface area contributed by atoms with Gasteiger partial charge in [0.25, 0.3) is 0 Å². The first-order valence-electron chi connectivity index (χ1n) is 6.85. The van der Waals surface area contributed by atoms with Gasteiger partial charge >= 0.3 is 0 Å². The Morgan fingerprint density at radius 2 is 2.06 bits per heavy atom. The number of nitrogens with zero attached hydrogens (tertiary/aromatic N) is 1. The van der Waals surface area contributed by atoms with Gasteiger partial charge in [-0.25, -0.2) is 0 Å². The fourth-order valence-electron chi connectivity index (χ4n) is 2.45. The third-order valence-electron chi connectivity index (χ3n) is 3.60. The molecule has 1 N–H and O–H groups in total. The monoisotopic (exact) mass is 248 g/mol. The standard InChI is InChI=1S/C15H24N2O/c1-13-11-15(17-8-3-4-9-17)6-5-14(13)12-16-7-10-18-2/h5-6,11,16H,3-4,7-10,12H2,1-2H3. The lowest BCUT2D eigenvalue weighted by Gasteiger charge is -2.19. The minimum atomic E-state index is 0.769. The second kappa shape index (κ2) is 6.76. The van der Waals surface area contributed by atoms with Gasteiger partial charge in [-0.2, -0.15) is 0 Å². The van der Waals surface area contributed by atoms with Crippen molar-refractivity contribution in [2.24, 2.45) is 0 Å². The molecule has 0 bridgehead atoms. The molecule has 0 spiro atoms. The van der Waals surface area contributed by atoms with Gasteiger partial charge in [-0.05, 0) is 43.0 Å². The molecule has 0 radical (unpaired) electrons. The van der Waals surface area contributed by atoms with Gasteiger partial charge in [-0.3, -0.25) is 0 Å². The second-order valence-corrected chi connectivity index (χ2v) is 4.97. The predicted molar refractivity (Wildman–Crippen MR) is 76.2 cm³/mol. The van der Waals surface area contributed by atoms with Gasteiger partial charge in [-0.1, -0.05) is 6.07 Å². The summed E-state index contributed by atoms with van der Waals surface area (Å²) >= 11 is 0. The van der Waals surface area contributed by atoms with Crippen LogP contribution in [-0.4, -0.2) is 33.4 Å². The third-order valence-corrected chi connectivity index (χ3v) is 3.60. The molecule has 0 aliphatic carbocycles. The second-order valence-electron chi connectivity index (χ2n) is 4.97. The lowest BCUT2D eigenvalue weighted by atomic mass is 10.1. The minimum absolute atomic E-state index is 0.769. The summed E-state index contributed by atoms with van der Waals surface area (Å²) in [5, 5.41) is 3.39. The topological polar surface area (TPSA) is 24.5 Å². The number of benzene rings is 1. The van der Waals surface area contributed by atoms with Gasteiger partial charge < -0.3 is 15.0 Å². The van der Waals surface area contributed by atoms with Crippen LogP contribution >= 0.6 is 0 Å². The maximum Gasteiger partial charge on any atom is 0.0587 e. The van der Waals surface area contributed by atoms with E-state index in [9.17, 15) is 0 Å².